The van der Waals surface area contributed by atoms with Crippen LogP contribution in [0.5, 0.6) is 0 Å². The van der Waals surface area contributed by atoms with Gasteiger partial charge in [-0.1, -0.05) is 11.6 Å². The van der Waals surface area contributed by atoms with Gasteiger partial charge in [0.25, 0.3) is 0 Å². The van der Waals surface area contributed by atoms with Crippen LogP contribution >= 0.6 is 34.3 Å². The second-order valence-electron chi connectivity index (χ2n) is 3.67. The van der Waals surface area contributed by atoms with E-state index in [2.05, 4.69) is 28.0 Å². The van der Waals surface area contributed by atoms with E-state index < -0.39 is 0 Å². The third kappa shape index (κ3) is 3.04. The van der Waals surface area contributed by atoms with Gasteiger partial charge in [0.05, 0.1) is 4.34 Å². The molecule has 5 heteroatoms. The lowest BCUT2D eigenvalue weighted by Gasteiger charge is -2.10. The quantitative estimate of drug-likeness (QED) is 0.909. The Morgan fingerprint density at radius 1 is 1.44 bits per heavy atom. The van der Waals surface area contributed by atoms with Crippen molar-refractivity contribution in [2.45, 2.75) is 26.4 Å². The fraction of sp³-hybridized carbons (Fsp3) is 0.364. The van der Waals surface area contributed by atoms with Gasteiger partial charge in [0.1, 0.15) is 5.01 Å². The molecule has 16 heavy (non-hydrogen) atoms. The molecule has 0 bridgehead atoms. The third-order valence-corrected chi connectivity index (χ3v) is 4.39. The SMILES string of the molecule is Cc1csc(CNC(C)c2csc(Cl)c2)n1. The zero-order chi connectivity index (χ0) is 11.5. The van der Waals surface area contributed by atoms with Gasteiger partial charge in [-0.15, -0.1) is 22.7 Å². The molecule has 0 radical (unpaired) electrons. The normalized spacial score (nSPS) is 12.9. The van der Waals surface area contributed by atoms with Crippen molar-refractivity contribution in [1.82, 2.24) is 10.3 Å². The number of hydrogen-bond acceptors (Lipinski definition) is 4. The van der Waals surface area contributed by atoms with Gasteiger partial charge in [-0.3, -0.25) is 0 Å². The lowest BCUT2D eigenvalue weighted by molar-refractivity contribution is 0.574. The van der Waals surface area contributed by atoms with Gasteiger partial charge in [0.2, 0.25) is 0 Å². The van der Waals surface area contributed by atoms with Crippen molar-refractivity contribution in [2.75, 3.05) is 0 Å². The maximum absolute atomic E-state index is 5.91. The van der Waals surface area contributed by atoms with Crippen LogP contribution in [-0.4, -0.2) is 4.98 Å². The zero-order valence-electron chi connectivity index (χ0n) is 9.16. The number of nitrogens with zero attached hydrogens (tertiary/aromatic N) is 1. The number of thiazole rings is 1. The number of nitrogens with one attached hydrogen (secondary N) is 1. The number of thiophene rings is 1. The molecule has 0 spiro atoms. The summed E-state index contributed by atoms with van der Waals surface area (Å²) >= 11 is 9.17. The first-order valence-corrected chi connectivity index (χ1v) is 7.17. The number of hydrogen-bond donors (Lipinski definition) is 1. The molecular formula is C11H13ClN2S2. The topological polar surface area (TPSA) is 24.9 Å². The summed E-state index contributed by atoms with van der Waals surface area (Å²) in [5.74, 6) is 0. The summed E-state index contributed by atoms with van der Waals surface area (Å²) < 4.78 is 0.841. The molecule has 0 fully saturated rings. The van der Waals surface area contributed by atoms with E-state index in [-0.39, 0.29) is 0 Å². The molecule has 0 aliphatic rings. The minimum Gasteiger partial charge on any atom is -0.304 e. The van der Waals surface area contributed by atoms with E-state index in [0.29, 0.717) is 6.04 Å². The van der Waals surface area contributed by atoms with Gasteiger partial charge in [0.15, 0.2) is 0 Å². The molecule has 1 unspecified atom stereocenters. The first-order chi connectivity index (χ1) is 7.65. The summed E-state index contributed by atoms with van der Waals surface area (Å²) in [5.41, 5.74) is 2.33. The number of aromatic nitrogens is 1. The van der Waals surface area contributed by atoms with Crippen LogP contribution in [0.2, 0.25) is 4.34 Å². The molecule has 0 saturated heterocycles. The molecule has 2 heterocycles. The van der Waals surface area contributed by atoms with Crippen LogP contribution in [0.4, 0.5) is 0 Å². The van der Waals surface area contributed by atoms with E-state index in [0.717, 1.165) is 21.6 Å². The highest BCUT2D eigenvalue weighted by Crippen LogP contribution is 2.24. The van der Waals surface area contributed by atoms with Gasteiger partial charge in [-0.25, -0.2) is 4.98 Å². The van der Waals surface area contributed by atoms with E-state index in [4.69, 9.17) is 11.6 Å². The molecule has 2 rings (SSSR count). The van der Waals surface area contributed by atoms with Crippen molar-refractivity contribution < 1.29 is 0 Å². The van der Waals surface area contributed by atoms with Crippen molar-refractivity contribution in [3.8, 4) is 0 Å². The van der Waals surface area contributed by atoms with Crippen molar-refractivity contribution >= 4 is 34.3 Å². The van der Waals surface area contributed by atoms with E-state index in [1.54, 1.807) is 22.7 Å². The molecule has 0 amide bonds. The second kappa shape index (κ2) is 5.27. The average molecular weight is 273 g/mol. The van der Waals surface area contributed by atoms with Gasteiger partial charge >= 0.3 is 0 Å². The van der Waals surface area contributed by atoms with E-state index in [1.807, 2.05) is 13.0 Å². The Balaban J connectivity index is 1.91. The van der Waals surface area contributed by atoms with Crippen molar-refractivity contribution in [3.63, 3.8) is 0 Å². The number of rotatable bonds is 4. The van der Waals surface area contributed by atoms with Crippen molar-refractivity contribution in [3.05, 3.63) is 37.4 Å². The van der Waals surface area contributed by atoms with Crippen LogP contribution in [0.3, 0.4) is 0 Å². The summed E-state index contributed by atoms with van der Waals surface area (Å²) in [5, 5.41) is 8.73. The lowest BCUT2D eigenvalue weighted by Crippen LogP contribution is -2.17. The Bertz CT molecular complexity index is 464. The Morgan fingerprint density at radius 2 is 2.25 bits per heavy atom. The molecule has 86 valence electrons. The average Bonchev–Trinajstić information content (AvgIpc) is 2.84. The monoisotopic (exact) mass is 272 g/mol. The Labute approximate surface area is 108 Å². The fourth-order valence-corrected chi connectivity index (χ4v) is 3.10. The molecule has 2 aromatic rings. The van der Waals surface area contributed by atoms with Crippen molar-refractivity contribution in [2.24, 2.45) is 0 Å². The molecule has 1 N–H and O–H groups in total. The summed E-state index contributed by atoms with van der Waals surface area (Å²) in [4.78, 5) is 4.41. The molecule has 2 nitrogen and oxygen atoms in total. The van der Waals surface area contributed by atoms with Gasteiger partial charge < -0.3 is 5.32 Å². The van der Waals surface area contributed by atoms with Gasteiger partial charge in [0, 0.05) is 23.7 Å². The van der Waals surface area contributed by atoms with Crippen LogP contribution in [0.1, 0.15) is 29.2 Å². The summed E-state index contributed by atoms with van der Waals surface area (Å²) in [7, 11) is 0. The van der Waals surface area contributed by atoms with Crippen LogP contribution in [0.15, 0.2) is 16.8 Å². The Kier molecular flexibility index (Phi) is 3.97. The summed E-state index contributed by atoms with van der Waals surface area (Å²) in [6.45, 7) is 4.97. The second-order valence-corrected chi connectivity index (χ2v) is 6.15. The third-order valence-electron chi connectivity index (χ3n) is 2.31. The highest BCUT2D eigenvalue weighted by atomic mass is 35.5. The highest BCUT2D eigenvalue weighted by Gasteiger charge is 2.08. The minimum absolute atomic E-state index is 0.313. The number of aryl methyl sites for hydroxylation is 1. The molecule has 0 saturated carbocycles. The van der Waals surface area contributed by atoms with E-state index in [1.165, 1.54) is 5.56 Å². The molecule has 2 aromatic heterocycles. The predicted molar refractivity (Wildman–Crippen MR) is 71.4 cm³/mol. The van der Waals surface area contributed by atoms with E-state index in [9.17, 15) is 0 Å². The Hall–Kier alpha value is -0.420. The largest absolute Gasteiger partial charge is 0.304 e. The lowest BCUT2D eigenvalue weighted by atomic mass is 10.2. The van der Waals surface area contributed by atoms with Gasteiger partial charge in [-0.2, -0.15) is 0 Å². The molecule has 1 atom stereocenters. The summed E-state index contributed by atoms with van der Waals surface area (Å²) in [6.07, 6.45) is 0. The van der Waals surface area contributed by atoms with Crippen LogP contribution < -0.4 is 5.32 Å². The fourth-order valence-electron chi connectivity index (χ4n) is 1.39. The summed E-state index contributed by atoms with van der Waals surface area (Å²) in [6, 6.07) is 2.32. The molecule has 0 aliphatic carbocycles. The van der Waals surface area contributed by atoms with Crippen molar-refractivity contribution in [1.29, 1.82) is 0 Å². The predicted octanol–water partition coefficient (Wildman–Crippen LogP) is 4.02. The van der Waals surface area contributed by atoms with Crippen LogP contribution in [0, 0.1) is 6.92 Å². The van der Waals surface area contributed by atoms with Crippen LogP contribution in [0.25, 0.3) is 0 Å². The molecular weight excluding hydrogens is 260 g/mol. The molecule has 0 aliphatic heterocycles. The first kappa shape index (κ1) is 12.0. The maximum Gasteiger partial charge on any atom is 0.107 e. The standard InChI is InChI=1S/C11H13ClN2S2/c1-7-5-16-11(14-7)4-13-8(2)9-3-10(12)15-6-9/h3,5-6,8,13H,4H2,1-2H3. The first-order valence-electron chi connectivity index (χ1n) is 5.03. The minimum atomic E-state index is 0.313. The highest BCUT2D eigenvalue weighted by molar-refractivity contribution is 7.14. The number of halogens is 1. The zero-order valence-corrected chi connectivity index (χ0v) is 11.5. The Morgan fingerprint density at radius 3 is 2.81 bits per heavy atom. The maximum atomic E-state index is 5.91. The van der Waals surface area contributed by atoms with E-state index >= 15 is 0 Å². The smallest absolute Gasteiger partial charge is 0.107 e. The molecule has 0 aromatic carbocycles. The van der Waals surface area contributed by atoms with Gasteiger partial charge in [-0.05, 0) is 30.9 Å². The van der Waals surface area contributed by atoms with Crippen LogP contribution in [-0.2, 0) is 6.54 Å².